The van der Waals surface area contributed by atoms with Gasteiger partial charge in [0.15, 0.2) is 0 Å². The molecule has 1 aromatic carbocycles. The Morgan fingerprint density at radius 3 is 2.72 bits per heavy atom. The van der Waals surface area contributed by atoms with Crippen molar-refractivity contribution >= 4 is 11.6 Å². The first-order chi connectivity index (χ1) is 8.70. The van der Waals surface area contributed by atoms with Gasteiger partial charge in [-0.1, -0.05) is 23.7 Å². The molecule has 100 valence electrons. The fourth-order valence-corrected chi connectivity index (χ4v) is 2.75. The van der Waals surface area contributed by atoms with Gasteiger partial charge in [0.2, 0.25) is 0 Å². The summed E-state index contributed by atoms with van der Waals surface area (Å²) in [7, 11) is 2.03. The second-order valence-electron chi connectivity index (χ2n) is 5.14. The Labute approximate surface area is 115 Å². The van der Waals surface area contributed by atoms with Gasteiger partial charge >= 0.3 is 0 Å². The molecule has 1 aliphatic heterocycles. The van der Waals surface area contributed by atoms with Crippen molar-refractivity contribution in [2.45, 2.75) is 32.2 Å². The van der Waals surface area contributed by atoms with Crippen LogP contribution in [0.2, 0.25) is 5.02 Å². The first-order valence-electron chi connectivity index (χ1n) is 6.71. The highest BCUT2D eigenvalue weighted by Gasteiger charge is 2.19. The summed E-state index contributed by atoms with van der Waals surface area (Å²) in [6, 6.07) is 6.77. The molecule has 1 saturated heterocycles. The molecule has 1 fully saturated rings. The van der Waals surface area contributed by atoms with Crippen LogP contribution in [0.4, 0.5) is 0 Å². The van der Waals surface area contributed by atoms with Gasteiger partial charge in [-0.05, 0) is 56.3 Å². The fraction of sp³-hybridized carbons (Fsp3) is 0.600. The maximum Gasteiger partial charge on any atom is 0.0468 e. The van der Waals surface area contributed by atoms with Crippen molar-refractivity contribution in [2.75, 3.05) is 20.3 Å². The highest BCUT2D eigenvalue weighted by Crippen LogP contribution is 2.29. The minimum absolute atomic E-state index is 0.395. The van der Waals surface area contributed by atoms with Crippen LogP contribution in [-0.4, -0.2) is 20.3 Å². The molecule has 1 N–H and O–H groups in total. The van der Waals surface area contributed by atoms with Crippen LogP contribution in [0.3, 0.4) is 0 Å². The minimum atomic E-state index is 0.395. The van der Waals surface area contributed by atoms with Crippen molar-refractivity contribution in [1.29, 1.82) is 0 Å². The van der Waals surface area contributed by atoms with E-state index in [1.165, 1.54) is 24.8 Å². The molecule has 18 heavy (non-hydrogen) atoms. The van der Waals surface area contributed by atoms with Crippen molar-refractivity contribution in [3.05, 3.63) is 34.3 Å². The van der Waals surface area contributed by atoms with Crippen LogP contribution in [0.5, 0.6) is 0 Å². The van der Waals surface area contributed by atoms with E-state index in [1.807, 2.05) is 14.0 Å². The van der Waals surface area contributed by atoms with Crippen LogP contribution >= 0.6 is 11.6 Å². The van der Waals surface area contributed by atoms with Crippen LogP contribution < -0.4 is 5.32 Å². The van der Waals surface area contributed by atoms with E-state index in [1.54, 1.807) is 0 Å². The molecule has 1 aromatic rings. The Balaban J connectivity index is 2.04. The summed E-state index contributed by atoms with van der Waals surface area (Å²) in [5.74, 6) is 0.760. The molecule has 1 heterocycles. The molecule has 2 rings (SSSR count). The number of benzene rings is 1. The molecule has 0 aliphatic carbocycles. The zero-order valence-corrected chi connectivity index (χ0v) is 12.0. The second-order valence-corrected chi connectivity index (χ2v) is 5.55. The largest absolute Gasteiger partial charge is 0.381 e. The second kappa shape index (κ2) is 6.55. The lowest BCUT2D eigenvalue weighted by molar-refractivity contribution is 0.0608. The highest BCUT2D eigenvalue weighted by atomic mass is 35.5. The van der Waals surface area contributed by atoms with E-state index < -0.39 is 0 Å². The van der Waals surface area contributed by atoms with Gasteiger partial charge in [-0.3, -0.25) is 0 Å². The molecule has 0 aromatic heterocycles. The average molecular weight is 268 g/mol. The first-order valence-corrected chi connectivity index (χ1v) is 7.09. The van der Waals surface area contributed by atoms with Gasteiger partial charge in [0.05, 0.1) is 0 Å². The van der Waals surface area contributed by atoms with E-state index in [4.69, 9.17) is 16.3 Å². The summed E-state index contributed by atoms with van der Waals surface area (Å²) in [5, 5.41) is 4.27. The molecule has 0 radical (unpaired) electrons. The van der Waals surface area contributed by atoms with Crippen LogP contribution in [0.15, 0.2) is 18.2 Å². The lowest BCUT2D eigenvalue weighted by atomic mass is 9.89. The van der Waals surface area contributed by atoms with E-state index in [0.717, 1.165) is 29.7 Å². The number of hydrogen-bond acceptors (Lipinski definition) is 2. The van der Waals surface area contributed by atoms with Gasteiger partial charge in [0.1, 0.15) is 0 Å². The van der Waals surface area contributed by atoms with Gasteiger partial charge in [-0.2, -0.15) is 0 Å². The van der Waals surface area contributed by atoms with Crippen molar-refractivity contribution in [3.8, 4) is 0 Å². The zero-order valence-electron chi connectivity index (χ0n) is 11.2. The standard InChI is InChI=1S/C15H22ClNO/c1-11-3-4-13(10-14(11)16)15(17-2)9-12-5-7-18-8-6-12/h3-4,10,12,15,17H,5-9H2,1-2H3. The predicted molar refractivity (Wildman–Crippen MR) is 76.1 cm³/mol. The summed E-state index contributed by atoms with van der Waals surface area (Å²) < 4.78 is 5.41. The number of hydrogen-bond donors (Lipinski definition) is 1. The molecule has 3 heteroatoms. The molecule has 0 bridgehead atoms. The van der Waals surface area contributed by atoms with E-state index in [2.05, 4.69) is 23.5 Å². The van der Waals surface area contributed by atoms with Gasteiger partial charge in [0.25, 0.3) is 0 Å². The maximum absolute atomic E-state index is 6.21. The summed E-state index contributed by atoms with van der Waals surface area (Å²) in [6.07, 6.45) is 3.52. The van der Waals surface area contributed by atoms with E-state index in [0.29, 0.717) is 6.04 Å². The van der Waals surface area contributed by atoms with Gasteiger partial charge in [-0.25, -0.2) is 0 Å². The van der Waals surface area contributed by atoms with Gasteiger partial charge in [0, 0.05) is 24.3 Å². The molecule has 0 spiro atoms. The molecule has 1 atom stereocenters. The number of aryl methyl sites for hydroxylation is 1. The number of halogens is 1. The Morgan fingerprint density at radius 2 is 2.11 bits per heavy atom. The summed E-state index contributed by atoms with van der Waals surface area (Å²) in [6.45, 7) is 3.87. The quantitative estimate of drug-likeness (QED) is 0.898. The molecule has 1 aliphatic rings. The Morgan fingerprint density at radius 1 is 1.39 bits per heavy atom. The lowest BCUT2D eigenvalue weighted by Crippen LogP contribution is -2.24. The minimum Gasteiger partial charge on any atom is -0.381 e. The third kappa shape index (κ3) is 3.47. The van der Waals surface area contributed by atoms with Crippen molar-refractivity contribution < 1.29 is 4.74 Å². The predicted octanol–water partition coefficient (Wildman–Crippen LogP) is 3.73. The third-order valence-electron chi connectivity index (χ3n) is 3.86. The fourth-order valence-electron chi connectivity index (χ4n) is 2.56. The SMILES string of the molecule is CNC(CC1CCOCC1)c1ccc(C)c(Cl)c1. The summed E-state index contributed by atoms with van der Waals surface area (Å²) in [5.41, 5.74) is 2.43. The lowest BCUT2D eigenvalue weighted by Gasteiger charge is -2.27. The zero-order chi connectivity index (χ0) is 13.0. The molecule has 0 amide bonds. The van der Waals surface area contributed by atoms with Crippen LogP contribution in [0, 0.1) is 12.8 Å². The smallest absolute Gasteiger partial charge is 0.0468 e. The Kier molecular flexibility index (Phi) is 5.04. The maximum atomic E-state index is 6.21. The molecule has 0 saturated carbocycles. The number of ether oxygens (including phenoxy) is 1. The van der Waals surface area contributed by atoms with Crippen LogP contribution in [0.1, 0.15) is 36.4 Å². The van der Waals surface area contributed by atoms with E-state index in [-0.39, 0.29) is 0 Å². The van der Waals surface area contributed by atoms with Crippen LogP contribution in [-0.2, 0) is 4.74 Å². The molecular weight excluding hydrogens is 246 g/mol. The van der Waals surface area contributed by atoms with Gasteiger partial charge < -0.3 is 10.1 Å². The summed E-state index contributed by atoms with van der Waals surface area (Å²) in [4.78, 5) is 0. The summed E-state index contributed by atoms with van der Waals surface area (Å²) >= 11 is 6.21. The molecule has 1 unspecified atom stereocenters. The third-order valence-corrected chi connectivity index (χ3v) is 4.26. The van der Waals surface area contributed by atoms with Crippen molar-refractivity contribution in [3.63, 3.8) is 0 Å². The normalized spacial score (nSPS) is 18.8. The number of rotatable bonds is 4. The molecule has 2 nitrogen and oxygen atoms in total. The van der Waals surface area contributed by atoms with Crippen LogP contribution in [0.25, 0.3) is 0 Å². The van der Waals surface area contributed by atoms with Gasteiger partial charge in [-0.15, -0.1) is 0 Å². The number of nitrogens with one attached hydrogen (secondary N) is 1. The van der Waals surface area contributed by atoms with Crippen molar-refractivity contribution in [1.82, 2.24) is 5.32 Å². The average Bonchev–Trinajstić information content (AvgIpc) is 2.40. The highest BCUT2D eigenvalue weighted by molar-refractivity contribution is 6.31. The first kappa shape index (κ1) is 13.9. The molecular formula is C15H22ClNO. The topological polar surface area (TPSA) is 21.3 Å². The Hall–Kier alpha value is -0.570. The van der Waals surface area contributed by atoms with E-state index >= 15 is 0 Å². The van der Waals surface area contributed by atoms with Crippen molar-refractivity contribution in [2.24, 2.45) is 5.92 Å². The van der Waals surface area contributed by atoms with E-state index in [9.17, 15) is 0 Å². The Bertz CT molecular complexity index is 388. The monoisotopic (exact) mass is 267 g/mol.